The number of cyclic esters (lactones) is 1. The van der Waals surface area contributed by atoms with Crippen LogP contribution >= 0.6 is 0 Å². The lowest BCUT2D eigenvalue weighted by atomic mass is 9.95. The molecule has 1 aliphatic heterocycles. The van der Waals surface area contributed by atoms with Gasteiger partial charge in [-0.3, -0.25) is 9.59 Å². The van der Waals surface area contributed by atoms with Crippen LogP contribution in [-0.2, 0) is 14.3 Å². The molecule has 3 atom stereocenters. The number of hydrogen-bond donors (Lipinski definition) is 3. The number of nitrogens with one attached hydrogen (secondary N) is 3. The van der Waals surface area contributed by atoms with Gasteiger partial charge in [0.05, 0.1) is 0 Å². The fraction of sp³-hybridized carbons (Fsp3) is 0.880. The predicted octanol–water partition coefficient (Wildman–Crippen LogP) is 4.69. The highest BCUT2D eigenvalue weighted by Crippen LogP contribution is 2.19. The Kier molecular flexibility index (Phi) is 14.8. The first-order chi connectivity index (χ1) is 15.4. The summed E-state index contributed by atoms with van der Waals surface area (Å²) in [4.78, 5) is 37.6. The van der Waals surface area contributed by atoms with Crippen molar-refractivity contribution < 1.29 is 19.1 Å². The molecule has 0 aromatic heterocycles. The SMILES string of the molecule is CCCCCCCC1CCCCCC(C(=O)NC)CCNC(=O)[C@H](CC(C)C)NC(=O)O1. The van der Waals surface area contributed by atoms with Gasteiger partial charge in [-0.25, -0.2) is 4.79 Å². The van der Waals surface area contributed by atoms with Gasteiger partial charge in [0.15, 0.2) is 0 Å². The predicted molar refractivity (Wildman–Crippen MR) is 128 cm³/mol. The smallest absolute Gasteiger partial charge is 0.408 e. The van der Waals surface area contributed by atoms with Crippen LogP contribution in [0.3, 0.4) is 0 Å². The molecule has 1 saturated heterocycles. The summed E-state index contributed by atoms with van der Waals surface area (Å²) < 4.78 is 5.78. The van der Waals surface area contributed by atoms with Crippen LogP contribution in [0.25, 0.3) is 0 Å². The Morgan fingerprint density at radius 1 is 1.06 bits per heavy atom. The van der Waals surface area contributed by atoms with E-state index in [1.54, 1.807) is 7.05 Å². The molecule has 32 heavy (non-hydrogen) atoms. The number of amides is 3. The molecule has 0 aromatic rings. The number of carbonyl (C=O) groups is 3. The zero-order chi connectivity index (χ0) is 23.8. The molecular formula is C25H47N3O4. The van der Waals surface area contributed by atoms with Crippen LogP contribution < -0.4 is 16.0 Å². The summed E-state index contributed by atoms with van der Waals surface area (Å²) in [6.45, 7) is 6.67. The molecular weight excluding hydrogens is 406 g/mol. The third-order valence-electron chi connectivity index (χ3n) is 6.21. The van der Waals surface area contributed by atoms with Gasteiger partial charge in [-0.1, -0.05) is 59.3 Å². The van der Waals surface area contributed by atoms with Gasteiger partial charge < -0.3 is 20.7 Å². The molecule has 0 saturated carbocycles. The highest BCUT2D eigenvalue weighted by Gasteiger charge is 2.25. The minimum absolute atomic E-state index is 0.0314. The van der Waals surface area contributed by atoms with Gasteiger partial charge in [0.25, 0.3) is 0 Å². The highest BCUT2D eigenvalue weighted by atomic mass is 16.6. The van der Waals surface area contributed by atoms with E-state index in [1.807, 2.05) is 13.8 Å². The third-order valence-corrected chi connectivity index (χ3v) is 6.21. The summed E-state index contributed by atoms with van der Waals surface area (Å²) in [6.07, 6.45) is 11.8. The summed E-state index contributed by atoms with van der Waals surface area (Å²) in [5.41, 5.74) is 0. The molecule has 7 heteroatoms. The van der Waals surface area contributed by atoms with Crippen molar-refractivity contribution in [2.45, 2.75) is 116 Å². The average Bonchev–Trinajstić information content (AvgIpc) is 2.75. The minimum Gasteiger partial charge on any atom is -0.446 e. The molecule has 7 nitrogen and oxygen atoms in total. The lowest BCUT2D eigenvalue weighted by Gasteiger charge is -2.23. The van der Waals surface area contributed by atoms with Gasteiger partial charge in [-0.05, 0) is 50.9 Å². The Balaban J connectivity index is 2.81. The quantitative estimate of drug-likeness (QED) is 0.441. The lowest BCUT2D eigenvalue weighted by molar-refractivity contribution is -0.126. The fourth-order valence-electron chi connectivity index (χ4n) is 4.31. The van der Waals surface area contributed by atoms with Crippen LogP contribution in [0.2, 0.25) is 0 Å². The summed E-state index contributed by atoms with van der Waals surface area (Å²) in [5.74, 6) is -0.0310. The average molecular weight is 454 g/mol. The van der Waals surface area contributed by atoms with Gasteiger partial charge in [0.2, 0.25) is 11.8 Å². The van der Waals surface area contributed by atoms with Crippen molar-refractivity contribution >= 4 is 17.9 Å². The topological polar surface area (TPSA) is 96.5 Å². The Bertz CT molecular complexity index is 553. The number of hydrogen-bond acceptors (Lipinski definition) is 4. The van der Waals surface area contributed by atoms with Crippen LogP contribution in [0.15, 0.2) is 0 Å². The third kappa shape index (κ3) is 12.3. The van der Waals surface area contributed by atoms with Gasteiger partial charge >= 0.3 is 6.09 Å². The molecule has 0 aromatic carbocycles. The van der Waals surface area contributed by atoms with Crippen molar-refractivity contribution in [2.24, 2.45) is 11.8 Å². The summed E-state index contributed by atoms with van der Waals surface area (Å²) >= 11 is 0. The molecule has 1 heterocycles. The molecule has 2 unspecified atom stereocenters. The number of alkyl carbamates (subject to hydrolysis) is 1. The zero-order valence-corrected chi connectivity index (χ0v) is 20.8. The number of unbranched alkanes of at least 4 members (excludes halogenated alkanes) is 4. The van der Waals surface area contributed by atoms with E-state index in [0.29, 0.717) is 19.4 Å². The van der Waals surface area contributed by atoms with Gasteiger partial charge in [-0.2, -0.15) is 0 Å². The van der Waals surface area contributed by atoms with Gasteiger partial charge in [0.1, 0.15) is 12.1 Å². The van der Waals surface area contributed by atoms with Crippen molar-refractivity contribution in [2.75, 3.05) is 13.6 Å². The van der Waals surface area contributed by atoms with E-state index in [0.717, 1.165) is 51.4 Å². The Labute approximate surface area is 195 Å². The molecule has 0 bridgehead atoms. The van der Waals surface area contributed by atoms with Gasteiger partial charge in [0, 0.05) is 19.5 Å². The van der Waals surface area contributed by atoms with Crippen LogP contribution in [0.5, 0.6) is 0 Å². The van der Waals surface area contributed by atoms with Crippen molar-refractivity contribution in [1.29, 1.82) is 0 Å². The van der Waals surface area contributed by atoms with E-state index in [1.165, 1.54) is 19.3 Å². The molecule has 186 valence electrons. The monoisotopic (exact) mass is 453 g/mol. The van der Waals surface area contributed by atoms with Crippen molar-refractivity contribution in [3.05, 3.63) is 0 Å². The molecule has 0 spiro atoms. The number of carbonyl (C=O) groups excluding carboxylic acids is 3. The van der Waals surface area contributed by atoms with Crippen LogP contribution in [0.1, 0.15) is 104 Å². The molecule has 0 radical (unpaired) electrons. The van der Waals surface area contributed by atoms with Crippen molar-refractivity contribution in [3.8, 4) is 0 Å². The molecule has 3 amide bonds. The highest BCUT2D eigenvalue weighted by molar-refractivity contribution is 5.85. The molecule has 1 rings (SSSR count). The maximum absolute atomic E-state index is 12.8. The second kappa shape index (κ2) is 16.8. The first-order valence-electron chi connectivity index (χ1n) is 12.8. The molecule has 3 N–H and O–H groups in total. The normalized spacial score (nSPS) is 24.0. The zero-order valence-electron chi connectivity index (χ0n) is 20.8. The van der Waals surface area contributed by atoms with E-state index in [4.69, 9.17) is 4.74 Å². The van der Waals surface area contributed by atoms with Crippen molar-refractivity contribution in [1.82, 2.24) is 16.0 Å². The summed E-state index contributed by atoms with van der Waals surface area (Å²) in [7, 11) is 1.66. The Morgan fingerprint density at radius 3 is 2.47 bits per heavy atom. The molecule has 0 aliphatic carbocycles. The summed E-state index contributed by atoms with van der Waals surface area (Å²) in [6, 6.07) is -0.628. The molecule has 1 aliphatic rings. The van der Waals surface area contributed by atoms with Crippen LogP contribution in [-0.4, -0.2) is 43.6 Å². The minimum atomic E-state index is -0.628. The van der Waals surface area contributed by atoms with Crippen molar-refractivity contribution in [3.63, 3.8) is 0 Å². The molecule has 1 fully saturated rings. The second-order valence-electron chi connectivity index (χ2n) is 9.59. The fourth-order valence-corrected chi connectivity index (χ4v) is 4.31. The first kappa shape index (κ1) is 28.2. The van der Waals surface area contributed by atoms with E-state index < -0.39 is 12.1 Å². The van der Waals surface area contributed by atoms with E-state index >= 15 is 0 Å². The van der Waals surface area contributed by atoms with Crippen LogP contribution in [0, 0.1) is 11.8 Å². The first-order valence-corrected chi connectivity index (χ1v) is 12.8. The summed E-state index contributed by atoms with van der Waals surface area (Å²) in [5, 5.41) is 8.46. The number of ether oxygens (including phenoxy) is 1. The van der Waals surface area contributed by atoms with Crippen LogP contribution in [0.4, 0.5) is 4.79 Å². The lowest BCUT2D eigenvalue weighted by Crippen LogP contribution is -2.48. The Morgan fingerprint density at radius 2 is 1.78 bits per heavy atom. The van der Waals surface area contributed by atoms with E-state index in [-0.39, 0.29) is 29.8 Å². The van der Waals surface area contributed by atoms with Gasteiger partial charge in [-0.15, -0.1) is 0 Å². The maximum atomic E-state index is 12.8. The second-order valence-corrected chi connectivity index (χ2v) is 9.59. The Hall–Kier alpha value is -1.79. The largest absolute Gasteiger partial charge is 0.446 e. The van der Waals surface area contributed by atoms with E-state index in [2.05, 4.69) is 22.9 Å². The standard InChI is InChI=1S/C25H47N3O4/c1-5-6-7-8-11-14-21-15-12-9-10-13-20(23(29)26-4)16-17-27-24(30)22(18-19(2)3)28-25(31)32-21/h19-22H,5-18H2,1-4H3,(H,26,29)(H,27,30)(H,28,31)/t20?,21?,22-/m0/s1. The number of rotatable bonds is 9. The van der Waals surface area contributed by atoms with E-state index in [9.17, 15) is 14.4 Å². The maximum Gasteiger partial charge on any atom is 0.408 e.